The molecule has 2 nitrogen and oxygen atoms in total. The molecule has 0 amide bonds. The van der Waals surface area contributed by atoms with Gasteiger partial charge in [0.25, 0.3) is 0 Å². The van der Waals surface area contributed by atoms with Gasteiger partial charge in [-0.2, -0.15) is 0 Å². The Balaban J connectivity index is 3.09. The van der Waals surface area contributed by atoms with E-state index in [0.717, 1.165) is 0 Å². The van der Waals surface area contributed by atoms with E-state index in [-0.39, 0.29) is 11.6 Å². The van der Waals surface area contributed by atoms with Crippen LogP contribution in [0.5, 0.6) is 5.75 Å². The average Bonchev–Trinajstić information content (AvgIpc) is 1.94. The smallest absolute Gasteiger partial charge is 0.138 e. The molecular formula is C6H5Cl2NO. The van der Waals surface area contributed by atoms with Crippen molar-refractivity contribution in [3.8, 4) is 5.75 Å². The normalized spacial score (nSPS) is 9.80. The Morgan fingerprint density at radius 1 is 1.50 bits per heavy atom. The Bertz CT molecular complexity index is 239. The minimum atomic E-state index is 0.0828. The van der Waals surface area contributed by atoms with E-state index < -0.39 is 0 Å². The Labute approximate surface area is 68.4 Å². The molecule has 0 saturated carbocycles. The molecule has 1 rings (SSSR count). The van der Waals surface area contributed by atoms with Gasteiger partial charge < -0.3 is 5.11 Å². The summed E-state index contributed by atoms with van der Waals surface area (Å²) in [7, 11) is 0. The Morgan fingerprint density at radius 2 is 2.20 bits per heavy atom. The third-order valence-corrected chi connectivity index (χ3v) is 1.51. The van der Waals surface area contributed by atoms with Gasteiger partial charge in [0, 0.05) is 0 Å². The van der Waals surface area contributed by atoms with E-state index in [0.29, 0.717) is 10.8 Å². The minimum Gasteiger partial charge on any atom is -0.506 e. The van der Waals surface area contributed by atoms with Crippen LogP contribution in [-0.2, 0) is 5.88 Å². The van der Waals surface area contributed by atoms with Crippen molar-refractivity contribution in [2.75, 3.05) is 0 Å². The summed E-state index contributed by atoms with van der Waals surface area (Å²) in [5, 5.41) is 9.37. The van der Waals surface area contributed by atoms with Gasteiger partial charge in [0.1, 0.15) is 10.9 Å². The molecular weight excluding hydrogens is 173 g/mol. The molecule has 0 radical (unpaired) electrons. The molecule has 0 aliphatic heterocycles. The highest BCUT2D eigenvalue weighted by Gasteiger charge is 2.00. The average molecular weight is 178 g/mol. The van der Waals surface area contributed by atoms with E-state index in [1.165, 1.54) is 12.1 Å². The fourth-order valence-corrected chi connectivity index (χ4v) is 0.927. The molecule has 0 atom stereocenters. The van der Waals surface area contributed by atoms with Gasteiger partial charge in [-0.25, -0.2) is 4.98 Å². The Kier molecular flexibility index (Phi) is 2.35. The molecule has 1 aromatic heterocycles. The maximum atomic E-state index is 9.03. The van der Waals surface area contributed by atoms with E-state index in [4.69, 9.17) is 28.3 Å². The first-order valence-electron chi connectivity index (χ1n) is 2.64. The van der Waals surface area contributed by atoms with E-state index in [2.05, 4.69) is 4.98 Å². The Hall–Kier alpha value is -0.470. The lowest BCUT2D eigenvalue weighted by Gasteiger charge is -1.97. The van der Waals surface area contributed by atoms with Crippen LogP contribution in [0.25, 0.3) is 0 Å². The second-order valence-electron chi connectivity index (χ2n) is 1.73. The van der Waals surface area contributed by atoms with Gasteiger partial charge in [-0.1, -0.05) is 11.6 Å². The molecule has 1 aromatic rings. The fourth-order valence-electron chi connectivity index (χ4n) is 0.566. The number of pyridine rings is 1. The first kappa shape index (κ1) is 7.63. The third kappa shape index (κ3) is 1.52. The highest BCUT2D eigenvalue weighted by Crippen LogP contribution is 2.18. The van der Waals surface area contributed by atoms with E-state index in [1.54, 1.807) is 0 Å². The highest BCUT2D eigenvalue weighted by atomic mass is 35.5. The summed E-state index contributed by atoms with van der Waals surface area (Å²) in [6.45, 7) is 0. The van der Waals surface area contributed by atoms with Gasteiger partial charge in [-0.05, 0) is 12.1 Å². The van der Waals surface area contributed by atoms with Crippen molar-refractivity contribution < 1.29 is 5.11 Å². The summed E-state index contributed by atoms with van der Waals surface area (Å²) < 4.78 is 0. The van der Waals surface area contributed by atoms with Crippen molar-refractivity contribution in [1.29, 1.82) is 0 Å². The van der Waals surface area contributed by atoms with Crippen LogP contribution in [0.1, 0.15) is 5.69 Å². The quantitative estimate of drug-likeness (QED) is 0.528. The van der Waals surface area contributed by atoms with E-state index in [9.17, 15) is 0 Å². The summed E-state index contributed by atoms with van der Waals surface area (Å²) >= 11 is 10.9. The number of aromatic hydroxyl groups is 1. The monoisotopic (exact) mass is 177 g/mol. The van der Waals surface area contributed by atoms with Crippen LogP contribution < -0.4 is 0 Å². The lowest BCUT2D eigenvalue weighted by atomic mass is 10.3. The molecule has 10 heavy (non-hydrogen) atoms. The molecule has 4 heteroatoms. The molecule has 1 N–H and O–H groups in total. The number of alkyl halides is 1. The molecule has 0 aliphatic carbocycles. The molecule has 54 valence electrons. The van der Waals surface area contributed by atoms with Crippen molar-refractivity contribution >= 4 is 23.2 Å². The zero-order chi connectivity index (χ0) is 7.56. The molecule has 0 aromatic carbocycles. The van der Waals surface area contributed by atoms with Crippen molar-refractivity contribution in [3.63, 3.8) is 0 Å². The zero-order valence-corrected chi connectivity index (χ0v) is 6.52. The minimum absolute atomic E-state index is 0.0828. The number of nitrogens with zero attached hydrogens (tertiary/aromatic N) is 1. The SMILES string of the molecule is Oc1ccc(Cl)nc1CCl. The number of aromatic nitrogens is 1. The first-order chi connectivity index (χ1) is 4.74. The maximum Gasteiger partial charge on any atom is 0.138 e. The van der Waals surface area contributed by atoms with Crippen LogP contribution in [0.15, 0.2) is 12.1 Å². The van der Waals surface area contributed by atoms with E-state index >= 15 is 0 Å². The summed E-state index contributed by atoms with van der Waals surface area (Å²) in [6, 6.07) is 2.97. The van der Waals surface area contributed by atoms with Crippen LogP contribution in [0, 0.1) is 0 Å². The predicted octanol–water partition coefficient (Wildman–Crippen LogP) is 2.18. The predicted molar refractivity (Wildman–Crippen MR) is 40.5 cm³/mol. The summed E-state index contributed by atoms with van der Waals surface area (Å²) in [5.41, 5.74) is 0.411. The van der Waals surface area contributed by atoms with Gasteiger partial charge in [0.15, 0.2) is 0 Å². The van der Waals surface area contributed by atoms with Gasteiger partial charge in [-0.3, -0.25) is 0 Å². The van der Waals surface area contributed by atoms with Crippen LogP contribution in [0.4, 0.5) is 0 Å². The lowest BCUT2D eigenvalue weighted by molar-refractivity contribution is 0.467. The van der Waals surface area contributed by atoms with Crippen molar-refractivity contribution in [3.05, 3.63) is 23.0 Å². The van der Waals surface area contributed by atoms with Gasteiger partial charge in [0.2, 0.25) is 0 Å². The van der Waals surface area contributed by atoms with Crippen LogP contribution >= 0.6 is 23.2 Å². The fraction of sp³-hybridized carbons (Fsp3) is 0.167. The van der Waals surface area contributed by atoms with Gasteiger partial charge >= 0.3 is 0 Å². The number of halogens is 2. The van der Waals surface area contributed by atoms with Crippen LogP contribution in [-0.4, -0.2) is 10.1 Å². The molecule has 0 fully saturated rings. The number of hydrogen-bond donors (Lipinski definition) is 1. The number of hydrogen-bond acceptors (Lipinski definition) is 2. The summed E-state index contributed by atoms with van der Waals surface area (Å²) in [6.07, 6.45) is 0. The van der Waals surface area contributed by atoms with Crippen molar-refractivity contribution in [2.24, 2.45) is 0 Å². The number of rotatable bonds is 1. The molecule has 0 unspecified atom stereocenters. The van der Waals surface area contributed by atoms with Gasteiger partial charge in [-0.15, -0.1) is 11.6 Å². The maximum absolute atomic E-state index is 9.03. The molecule has 0 bridgehead atoms. The summed E-state index contributed by atoms with van der Waals surface area (Å²) in [5.74, 6) is 0.256. The first-order valence-corrected chi connectivity index (χ1v) is 3.55. The third-order valence-electron chi connectivity index (χ3n) is 1.04. The molecule has 0 aliphatic rings. The van der Waals surface area contributed by atoms with Crippen molar-refractivity contribution in [2.45, 2.75) is 5.88 Å². The van der Waals surface area contributed by atoms with Crippen LogP contribution in [0.2, 0.25) is 5.15 Å². The zero-order valence-electron chi connectivity index (χ0n) is 5.01. The summed E-state index contributed by atoms with van der Waals surface area (Å²) in [4.78, 5) is 3.77. The topological polar surface area (TPSA) is 33.1 Å². The second-order valence-corrected chi connectivity index (χ2v) is 2.39. The standard InChI is InChI=1S/C6H5Cl2NO/c7-3-4-5(10)1-2-6(8)9-4/h1-2,10H,3H2. The second kappa shape index (κ2) is 3.08. The van der Waals surface area contributed by atoms with Crippen molar-refractivity contribution in [1.82, 2.24) is 4.98 Å². The lowest BCUT2D eigenvalue weighted by Crippen LogP contribution is -1.85. The molecule has 0 spiro atoms. The van der Waals surface area contributed by atoms with E-state index in [1.807, 2.05) is 0 Å². The Morgan fingerprint density at radius 3 is 2.70 bits per heavy atom. The van der Waals surface area contributed by atoms with Gasteiger partial charge in [0.05, 0.1) is 11.6 Å². The highest BCUT2D eigenvalue weighted by molar-refractivity contribution is 6.29. The molecule has 1 heterocycles. The largest absolute Gasteiger partial charge is 0.506 e. The van der Waals surface area contributed by atoms with Crippen LogP contribution in [0.3, 0.4) is 0 Å². The molecule has 0 saturated heterocycles.